The Morgan fingerprint density at radius 2 is 2.00 bits per heavy atom. The maximum Gasteiger partial charge on any atom is 0.137 e. The van der Waals surface area contributed by atoms with Crippen LogP contribution in [0, 0.1) is 6.92 Å². The fourth-order valence-electron chi connectivity index (χ4n) is 2.23. The first-order valence-electron chi connectivity index (χ1n) is 6.82. The summed E-state index contributed by atoms with van der Waals surface area (Å²) in [6, 6.07) is 0.306. The molecule has 5 heteroatoms. The minimum atomic E-state index is 0.215. The molecule has 1 fully saturated rings. The van der Waals surface area contributed by atoms with Crippen molar-refractivity contribution in [3.05, 3.63) is 16.5 Å². The number of aromatic nitrogens is 2. The first kappa shape index (κ1) is 14.5. The third-order valence-corrected chi connectivity index (χ3v) is 3.84. The van der Waals surface area contributed by atoms with Gasteiger partial charge in [-0.25, -0.2) is 9.97 Å². The SMILES string of the molecule is Cc1c(Cl)nc(C(C)C)nc1N1CC(C)OCC1C. The summed E-state index contributed by atoms with van der Waals surface area (Å²) in [7, 11) is 0. The molecule has 1 saturated heterocycles. The molecule has 0 aliphatic carbocycles. The van der Waals surface area contributed by atoms with Gasteiger partial charge in [0.25, 0.3) is 0 Å². The Labute approximate surface area is 120 Å². The lowest BCUT2D eigenvalue weighted by atomic mass is 10.1. The van der Waals surface area contributed by atoms with Gasteiger partial charge >= 0.3 is 0 Å². The van der Waals surface area contributed by atoms with Crippen molar-refractivity contribution in [1.29, 1.82) is 0 Å². The maximum atomic E-state index is 6.26. The highest BCUT2D eigenvalue weighted by molar-refractivity contribution is 6.30. The van der Waals surface area contributed by atoms with E-state index >= 15 is 0 Å². The molecule has 2 unspecified atom stereocenters. The van der Waals surface area contributed by atoms with E-state index in [1.807, 2.05) is 6.92 Å². The summed E-state index contributed by atoms with van der Waals surface area (Å²) < 4.78 is 5.67. The predicted molar refractivity (Wildman–Crippen MR) is 78.1 cm³/mol. The Bertz CT molecular complexity index is 464. The predicted octanol–water partition coefficient (Wildman–Crippen LogP) is 3.18. The van der Waals surface area contributed by atoms with Crippen molar-refractivity contribution in [2.24, 2.45) is 0 Å². The van der Waals surface area contributed by atoms with Crippen LogP contribution in [0.3, 0.4) is 0 Å². The number of anilines is 1. The van der Waals surface area contributed by atoms with Gasteiger partial charge in [-0.1, -0.05) is 25.4 Å². The van der Waals surface area contributed by atoms with E-state index in [0.717, 1.165) is 30.4 Å². The van der Waals surface area contributed by atoms with Crippen LogP contribution in [-0.4, -0.2) is 35.3 Å². The van der Waals surface area contributed by atoms with Gasteiger partial charge in [0, 0.05) is 18.0 Å². The molecule has 1 aliphatic heterocycles. The summed E-state index contributed by atoms with van der Waals surface area (Å²) in [5.41, 5.74) is 0.951. The lowest BCUT2D eigenvalue weighted by Crippen LogP contribution is -2.48. The molecule has 106 valence electrons. The topological polar surface area (TPSA) is 38.2 Å². The van der Waals surface area contributed by atoms with Crippen molar-refractivity contribution in [2.45, 2.75) is 52.7 Å². The van der Waals surface area contributed by atoms with Crippen LogP contribution in [0.2, 0.25) is 5.15 Å². The van der Waals surface area contributed by atoms with Gasteiger partial charge in [-0.15, -0.1) is 0 Å². The van der Waals surface area contributed by atoms with Crippen molar-refractivity contribution >= 4 is 17.4 Å². The zero-order valence-corrected chi connectivity index (χ0v) is 13.0. The van der Waals surface area contributed by atoms with E-state index in [4.69, 9.17) is 21.3 Å². The number of halogens is 1. The zero-order chi connectivity index (χ0) is 14.2. The van der Waals surface area contributed by atoms with Crippen molar-refractivity contribution in [3.8, 4) is 0 Å². The van der Waals surface area contributed by atoms with Gasteiger partial charge in [0.1, 0.15) is 16.8 Å². The Hall–Kier alpha value is -0.870. The lowest BCUT2D eigenvalue weighted by molar-refractivity contribution is 0.0339. The normalized spacial score (nSPS) is 24.1. The van der Waals surface area contributed by atoms with Gasteiger partial charge in [0.05, 0.1) is 18.8 Å². The Balaban J connectivity index is 2.42. The average molecular weight is 284 g/mol. The monoisotopic (exact) mass is 283 g/mol. The van der Waals surface area contributed by atoms with Crippen LogP contribution >= 0.6 is 11.6 Å². The second kappa shape index (κ2) is 5.63. The highest BCUT2D eigenvalue weighted by Gasteiger charge is 2.27. The first-order chi connectivity index (χ1) is 8.90. The maximum absolute atomic E-state index is 6.26. The fourth-order valence-corrected chi connectivity index (χ4v) is 2.40. The summed E-state index contributed by atoms with van der Waals surface area (Å²) in [5, 5.41) is 0.556. The molecule has 2 heterocycles. The van der Waals surface area contributed by atoms with E-state index < -0.39 is 0 Å². The van der Waals surface area contributed by atoms with Gasteiger partial charge < -0.3 is 9.64 Å². The van der Waals surface area contributed by atoms with Crippen LogP contribution in [0.1, 0.15) is 45.0 Å². The molecule has 0 bridgehead atoms. The average Bonchev–Trinajstić information content (AvgIpc) is 2.35. The molecule has 1 aliphatic rings. The number of ether oxygens (including phenoxy) is 1. The molecule has 2 atom stereocenters. The van der Waals surface area contributed by atoms with Crippen LogP contribution in [0.15, 0.2) is 0 Å². The van der Waals surface area contributed by atoms with Crippen LogP contribution in [0.5, 0.6) is 0 Å². The number of hydrogen-bond donors (Lipinski definition) is 0. The van der Waals surface area contributed by atoms with Crippen LogP contribution in [-0.2, 0) is 4.74 Å². The Morgan fingerprint density at radius 3 is 2.63 bits per heavy atom. The summed E-state index contributed by atoms with van der Waals surface area (Å²) in [6.45, 7) is 11.9. The van der Waals surface area contributed by atoms with E-state index in [1.165, 1.54) is 0 Å². The molecule has 1 aromatic heterocycles. The molecule has 0 spiro atoms. The Morgan fingerprint density at radius 1 is 1.32 bits per heavy atom. The van der Waals surface area contributed by atoms with E-state index in [0.29, 0.717) is 11.2 Å². The smallest absolute Gasteiger partial charge is 0.137 e. The van der Waals surface area contributed by atoms with Crippen molar-refractivity contribution in [2.75, 3.05) is 18.1 Å². The van der Waals surface area contributed by atoms with Crippen molar-refractivity contribution in [1.82, 2.24) is 9.97 Å². The summed E-state index contributed by atoms with van der Waals surface area (Å²) in [4.78, 5) is 11.4. The number of hydrogen-bond acceptors (Lipinski definition) is 4. The quantitative estimate of drug-likeness (QED) is 0.782. The highest BCUT2D eigenvalue weighted by atomic mass is 35.5. The fraction of sp³-hybridized carbons (Fsp3) is 0.714. The van der Waals surface area contributed by atoms with Gasteiger partial charge in [0.15, 0.2) is 0 Å². The second-order valence-electron chi connectivity index (χ2n) is 5.62. The minimum absolute atomic E-state index is 0.215. The van der Waals surface area contributed by atoms with Crippen LogP contribution < -0.4 is 4.90 Å². The van der Waals surface area contributed by atoms with Crippen molar-refractivity contribution < 1.29 is 4.74 Å². The van der Waals surface area contributed by atoms with Crippen LogP contribution in [0.25, 0.3) is 0 Å². The zero-order valence-electron chi connectivity index (χ0n) is 12.3. The summed E-state index contributed by atoms with van der Waals surface area (Å²) >= 11 is 6.26. The van der Waals surface area contributed by atoms with Gasteiger partial charge in [-0.05, 0) is 20.8 Å². The third-order valence-electron chi connectivity index (χ3n) is 3.47. The van der Waals surface area contributed by atoms with E-state index in [9.17, 15) is 0 Å². The largest absolute Gasteiger partial charge is 0.375 e. The molecule has 0 radical (unpaired) electrons. The number of nitrogens with zero attached hydrogens (tertiary/aromatic N) is 3. The third kappa shape index (κ3) is 3.00. The molecule has 0 N–H and O–H groups in total. The van der Waals surface area contributed by atoms with Crippen molar-refractivity contribution in [3.63, 3.8) is 0 Å². The molecule has 1 aromatic rings. The summed E-state index contributed by atoms with van der Waals surface area (Å²) in [5.74, 6) is 2.02. The number of morpholine rings is 1. The summed E-state index contributed by atoms with van der Waals surface area (Å²) in [6.07, 6.45) is 0.215. The molecule has 19 heavy (non-hydrogen) atoms. The highest BCUT2D eigenvalue weighted by Crippen LogP contribution is 2.28. The molecule has 0 aromatic carbocycles. The van der Waals surface area contributed by atoms with Gasteiger partial charge in [0.2, 0.25) is 0 Å². The standard InChI is InChI=1S/C14H22ClN3O/c1-8(2)13-16-12(15)11(5)14(17-13)18-6-10(4)19-7-9(18)3/h8-10H,6-7H2,1-5H3. The molecular weight excluding hydrogens is 262 g/mol. The van der Waals surface area contributed by atoms with E-state index in [1.54, 1.807) is 0 Å². The number of rotatable bonds is 2. The molecule has 0 saturated carbocycles. The van der Waals surface area contributed by atoms with Crippen LogP contribution in [0.4, 0.5) is 5.82 Å². The van der Waals surface area contributed by atoms with Gasteiger partial charge in [-0.3, -0.25) is 0 Å². The molecule has 2 rings (SSSR count). The lowest BCUT2D eigenvalue weighted by Gasteiger charge is -2.38. The van der Waals surface area contributed by atoms with E-state index in [2.05, 4.69) is 37.6 Å². The molecular formula is C14H22ClN3O. The van der Waals surface area contributed by atoms with Gasteiger partial charge in [-0.2, -0.15) is 0 Å². The minimum Gasteiger partial charge on any atom is -0.375 e. The van der Waals surface area contributed by atoms with E-state index in [-0.39, 0.29) is 12.0 Å². The second-order valence-corrected chi connectivity index (χ2v) is 5.98. The molecule has 4 nitrogen and oxygen atoms in total. The molecule has 0 amide bonds. The Kier molecular flexibility index (Phi) is 4.31. The first-order valence-corrected chi connectivity index (χ1v) is 7.20.